The molecule has 1 aliphatic carbocycles. The van der Waals surface area contributed by atoms with Gasteiger partial charge in [0.25, 0.3) is 0 Å². The summed E-state index contributed by atoms with van der Waals surface area (Å²) in [5.74, 6) is -0.0527. The third-order valence-electron chi connectivity index (χ3n) is 4.63. The van der Waals surface area contributed by atoms with Crippen LogP contribution in [0, 0.1) is 0 Å². The maximum absolute atomic E-state index is 12.5. The van der Waals surface area contributed by atoms with Crippen LogP contribution in [0.3, 0.4) is 0 Å². The number of ether oxygens (including phenoxy) is 1. The van der Waals surface area contributed by atoms with Gasteiger partial charge in [0.1, 0.15) is 5.54 Å². The Morgan fingerprint density at radius 2 is 2.10 bits per heavy atom. The van der Waals surface area contributed by atoms with Crippen LogP contribution in [0.4, 0.5) is 0 Å². The van der Waals surface area contributed by atoms with E-state index in [-0.39, 0.29) is 5.97 Å². The lowest BCUT2D eigenvalue weighted by atomic mass is 9.78. The Balaban J connectivity index is 2.79. The van der Waals surface area contributed by atoms with Crippen LogP contribution in [0.5, 0.6) is 0 Å². The van der Waals surface area contributed by atoms with E-state index in [9.17, 15) is 4.79 Å². The summed E-state index contributed by atoms with van der Waals surface area (Å²) >= 11 is 0. The Morgan fingerprint density at radius 1 is 1.33 bits per heavy atom. The molecule has 0 aromatic carbocycles. The lowest BCUT2D eigenvalue weighted by Crippen LogP contribution is -2.59. The smallest absolute Gasteiger partial charge is 0.326 e. The van der Waals surface area contributed by atoms with Gasteiger partial charge in [0.05, 0.1) is 6.61 Å². The van der Waals surface area contributed by atoms with Crippen molar-refractivity contribution in [2.75, 3.05) is 26.2 Å². The monoisotopic (exact) mass is 298 g/mol. The molecule has 124 valence electrons. The van der Waals surface area contributed by atoms with E-state index in [0.29, 0.717) is 12.6 Å². The summed E-state index contributed by atoms with van der Waals surface area (Å²) in [6.07, 6.45) is 6.54. The minimum absolute atomic E-state index is 0.0527. The summed E-state index contributed by atoms with van der Waals surface area (Å²) in [5.41, 5.74) is -0.465. The van der Waals surface area contributed by atoms with Crippen LogP contribution in [0.15, 0.2) is 0 Å². The van der Waals surface area contributed by atoms with E-state index in [1.165, 1.54) is 19.3 Å². The van der Waals surface area contributed by atoms with E-state index in [1.54, 1.807) is 0 Å². The van der Waals surface area contributed by atoms with Crippen molar-refractivity contribution in [3.8, 4) is 0 Å². The van der Waals surface area contributed by atoms with Crippen molar-refractivity contribution >= 4 is 5.97 Å². The molecule has 0 radical (unpaired) electrons. The molecule has 0 aromatic rings. The second-order valence-electron chi connectivity index (χ2n) is 6.07. The number of hydrogen-bond donors (Lipinski definition) is 1. The van der Waals surface area contributed by atoms with E-state index < -0.39 is 5.54 Å². The first kappa shape index (κ1) is 18.4. The second kappa shape index (κ2) is 9.42. The second-order valence-corrected chi connectivity index (χ2v) is 6.07. The van der Waals surface area contributed by atoms with Crippen LogP contribution in [-0.2, 0) is 9.53 Å². The SMILES string of the molecule is CCCCN(CC)C1CCCC(NCC)(C(=O)OCC)C1. The molecule has 1 saturated carbocycles. The fourth-order valence-electron chi connectivity index (χ4n) is 3.54. The number of carbonyl (C=O) groups excluding carboxylic acids is 1. The minimum atomic E-state index is -0.465. The Kier molecular flexibility index (Phi) is 8.27. The Bertz CT molecular complexity index is 305. The molecule has 0 aromatic heterocycles. The lowest BCUT2D eigenvalue weighted by Gasteiger charge is -2.43. The van der Waals surface area contributed by atoms with Gasteiger partial charge in [-0.15, -0.1) is 0 Å². The van der Waals surface area contributed by atoms with Crippen LogP contribution in [0.25, 0.3) is 0 Å². The third kappa shape index (κ3) is 4.96. The molecule has 0 aliphatic heterocycles. The van der Waals surface area contributed by atoms with Crippen molar-refractivity contribution in [1.82, 2.24) is 10.2 Å². The van der Waals surface area contributed by atoms with Gasteiger partial charge in [0.2, 0.25) is 0 Å². The molecule has 21 heavy (non-hydrogen) atoms. The maximum Gasteiger partial charge on any atom is 0.326 e. The highest BCUT2D eigenvalue weighted by molar-refractivity contribution is 5.81. The van der Waals surface area contributed by atoms with Gasteiger partial charge >= 0.3 is 5.97 Å². The van der Waals surface area contributed by atoms with E-state index in [0.717, 1.165) is 38.9 Å². The molecule has 1 N–H and O–H groups in total. The number of unbranched alkanes of at least 4 members (excludes halogenated alkanes) is 1. The highest BCUT2D eigenvalue weighted by Crippen LogP contribution is 2.32. The van der Waals surface area contributed by atoms with E-state index in [4.69, 9.17) is 4.74 Å². The fraction of sp³-hybridized carbons (Fsp3) is 0.941. The molecular formula is C17H34N2O2. The van der Waals surface area contributed by atoms with Crippen molar-refractivity contribution < 1.29 is 9.53 Å². The van der Waals surface area contributed by atoms with Crippen molar-refractivity contribution in [1.29, 1.82) is 0 Å². The molecule has 0 amide bonds. The average molecular weight is 298 g/mol. The van der Waals surface area contributed by atoms with Gasteiger partial charge in [-0.2, -0.15) is 0 Å². The summed E-state index contributed by atoms with van der Waals surface area (Å²) in [4.78, 5) is 15.0. The molecule has 1 fully saturated rings. The molecule has 0 saturated heterocycles. The van der Waals surface area contributed by atoms with Gasteiger partial charge < -0.3 is 15.0 Å². The molecule has 2 unspecified atom stereocenters. The molecule has 4 heteroatoms. The standard InChI is InChI=1S/C17H34N2O2/c1-5-9-13-19(7-3)15-11-10-12-17(14-15,18-6-2)16(20)21-8-4/h15,18H,5-14H2,1-4H3. The summed E-state index contributed by atoms with van der Waals surface area (Å²) in [5, 5.41) is 3.45. The highest BCUT2D eigenvalue weighted by atomic mass is 16.5. The van der Waals surface area contributed by atoms with Gasteiger partial charge in [0.15, 0.2) is 0 Å². The number of carbonyl (C=O) groups is 1. The largest absolute Gasteiger partial charge is 0.465 e. The van der Waals surface area contributed by atoms with Gasteiger partial charge in [0, 0.05) is 6.04 Å². The average Bonchev–Trinajstić information content (AvgIpc) is 2.49. The van der Waals surface area contributed by atoms with E-state index in [2.05, 4.69) is 31.0 Å². The maximum atomic E-state index is 12.5. The van der Waals surface area contributed by atoms with E-state index in [1.807, 2.05) is 6.92 Å². The molecule has 2 atom stereocenters. The third-order valence-corrected chi connectivity index (χ3v) is 4.63. The van der Waals surface area contributed by atoms with Crippen LogP contribution in [0.1, 0.15) is 66.2 Å². The predicted octanol–water partition coefficient (Wildman–Crippen LogP) is 2.96. The first-order chi connectivity index (χ1) is 10.1. The van der Waals surface area contributed by atoms with Crippen molar-refractivity contribution in [3.05, 3.63) is 0 Å². The Morgan fingerprint density at radius 3 is 2.67 bits per heavy atom. The van der Waals surface area contributed by atoms with Crippen molar-refractivity contribution in [3.63, 3.8) is 0 Å². The summed E-state index contributed by atoms with van der Waals surface area (Å²) < 4.78 is 5.36. The normalized spacial score (nSPS) is 26.0. The number of hydrogen-bond acceptors (Lipinski definition) is 4. The number of rotatable bonds is 9. The molecule has 1 aliphatic rings. The van der Waals surface area contributed by atoms with Gasteiger partial charge in [-0.3, -0.25) is 4.79 Å². The molecule has 1 rings (SSSR count). The first-order valence-corrected chi connectivity index (χ1v) is 8.79. The van der Waals surface area contributed by atoms with Crippen molar-refractivity contribution in [2.24, 2.45) is 0 Å². The molecule has 0 spiro atoms. The predicted molar refractivity (Wildman–Crippen MR) is 87.5 cm³/mol. The van der Waals surface area contributed by atoms with Crippen LogP contribution in [0.2, 0.25) is 0 Å². The van der Waals surface area contributed by atoms with Gasteiger partial charge in [-0.05, 0) is 58.7 Å². The Labute approximate surface area is 130 Å². The number of nitrogens with zero attached hydrogens (tertiary/aromatic N) is 1. The highest BCUT2D eigenvalue weighted by Gasteiger charge is 2.44. The fourth-order valence-corrected chi connectivity index (χ4v) is 3.54. The lowest BCUT2D eigenvalue weighted by molar-refractivity contribution is -0.154. The zero-order chi connectivity index (χ0) is 15.7. The quantitative estimate of drug-likeness (QED) is 0.665. The number of esters is 1. The minimum Gasteiger partial charge on any atom is -0.465 e. The van der Waals surface area contributed by atoms with Crippen LogP contribution < -0.4 is 5.32 Å². The first-order valence-electron chi connectivity index (χ1n) is 8.79. The zero-order valence-corrected chi connectivity index (χ0v) is 14.4. The summed E-state index contributed by atoms with van der Waals surface area (Å²) in [6, 6.07) is 0.499. The molecule has 0 heterocycles. The van der Waals surface area contributed by atoms with Crippen molar-refractivity contribution in [2.45, 2.75) is 77.8 Å². The van der Waals surface area contributed by atoms with Crippen LogP contribution >= 0.6 is 0 Å². The number of likely N-dealkylation sites (N-methyl/N-ethyl adjacent to an activating group) is 1. The molecular weight excluding hydrogens is 264 g/mol. The summed E-state index contributed by atoms with van der Waals surface area (Å²) in [6.45, 7) is 11.9. The summed E-state index contributed by atoms with van der Waals surface area (Å²) in [7, 11) is 0. The molecule has 4 nitrogen and oxygen atoms in total. The van der Waals surface area contributed by atoms with Crippen LogP contribution in [-0.4, -0.2) is 48.7 Å². The zero-order valence-electron chi connectivity index (χ0n) is 14.4. The van der Waals surface area contributed by atoms with E-state index >= 15 is 0 Å². The molecule has 0 bridgehead atoms. The topological polar surface area (TPSA) is 41.6 Å². The number of nitrogens with one attached hydrogen (secondary N) is 1. The Hall–Kier alpha value is -0.610. The van der Waals surface area contributed by atoms with Gasteiger partial charge in [-0.1, -0.05) is 27.2 Å². The van der Waals surface area contributed by atoms with Gasteiger partial charge in [-0.25, -0.2) is 0 Å².